The zero-order valence-electron chi connectivity index (χ0n) is 9.42. The van der Waals surface area contributed by atoms with Crippen molar-refractivity contribution in [2.75, 3.05) is 11.9 Å². The predicted octanol–water partition coefficient (Wildman–Crippen LogP) is 2.43. The Bertz CT molecular complexity index is 570. The molecule has 0 radical (unpaired) electrons. The zero-order chi connectivity index (χ0) is 12.8. The lowest BCUT2D eigenvalue weighted by Gasteiger charge is -2.06. The van der Waals surface area contributed by atoms with E-state index in [1.807, 2.05) is 6.07 Å². The van der Waals surface area contributed by atoms with Crippen molar-refractivity contribution in [2.45, 2.75) is 0 Å². The van der Waals surface area contributed by atoms with Crippen LogP contribution in [0.25, 0.3) is 0 Å². The molecule has 5 nitrogen and oxygen atoms in total. The number of carbonyl (C=O) groups excluding carboxylic acids is 1. The molecule has 90 valence electrons. The maximum Gasteiger partial charge on any atom is 0.258 e. The van der Waals surface area contributed by atoms with E-state index < -0.39 is 0 Å². The molecule has 0 saturated heterocycles. The van der Waals surface area contributed by atoms with Crippen molar-refractivity contribution in [3.63, 3.8) is 0 Å². The number of hydrogen-bond acceptors (Lipinski definition) is 4. The van der Waals surface area contributed by atoms with E-state index in [0.717, 1.165) is 0 Å². The second-order valence-electron chi connectivity index (χ2n) is 3.44. The minimum absolute atomic E-state index is 0.0286. The molecule has 0 bridgehead atoms. The van der Waals surface area contributed by atoms with Crippen LogP contribution in [0.4, 0.5) is 5.69 Å². The van der Waals surface area contributed by atoms with Gasteiger partial charge in [0.25, 0.3) is 5.91 Å². The van der Waals surface area contributed by atoms with Crippen LogP contribution in [0.15, 0.2) is 47.3 Å². The van der Waals surface area contributed by atoms with Crippen molar-refractivity contribution in [3.05, 3.63) is 48.4 Å². The largest absolute Gasteiger partial charge is 0.479 e. The number of carbonyl (C=O) groups is 1. The molecule has 5 heteroatoms. The van der Waals surface area contributed by atoms with Gasteiger partial charge in [-0.2, -0.15) is 5.26 Å². The molecular formula is C13H10N2O3. The van der Waals surface area contributed by atoms with E-state index in [4.69, 9.17) is 14.4 Å². The van der Waals surface area contributed by atoms with Crippen LogP contribution in [0.3, 0.4) is 0 Å². The summed E-state index contributed by atoms with van der Waals surface area (Å²) in [6.07, 6.45) is 2.80. The number of rotatable bonds is 4. The van der Waals surface area contributed by atoms with Gasteiger partial charge in [0.1, 0.15) is 18.1 Å². The third-order valence-electron chi connectivity index (χ3n) is 2.18. The lowest BCUT2D eigenvalue weighted by molar-refractivity contribution is 0.102. The van der Waals surface area contributed by atoms with E-state index in [1.54, 1.807) is 30.3 Å². The Morgan fingerprint density at radius 1 is 1.44 bits per heavy atom. The van der Waals surface area contributed by atoms with Crippen LogP contribution < -0.4 is 10.1 Å². The summed E-state index contributed by atoms with van der Waals surface area (Å²) in [5.74, 6) is 0.266. The topological polar surface area (TPSA) is 75.3 Å². The SMILES string of the molecule is N#CCOc1cccc(NC(=O)c2ccoc2)c1. The Morgan fingerprint density at radius 3 is 3.06 bits per heavy atom. The van der Waals surface area contributed by atoms with Gasteiger partial charge in [0.2, 0.25) is 0 Å². The first-order valence-corrected chi connectivity index (χ1v) is 5.23. The van der Waals surface area contributed by atoms with E-state index in [1.165, 1.54) is 12.5 Å². The number of nitrogens with one attached hydrogen (secondary N) is 1. The molecule has 1 amide bonds. The minimum atomic E-state index is -0.263. The van der Waals surface area contributed by atoms with Gasteiger partial charge in [-0.3, -0.25) is 4.79 Å². The van der Waals surface area contributed by atoms with Crippen LogP contribution >= 0.6 is 0 Å². The van der Waals surface area contributed by atoms with Gasteiger partial charge in [0.15, 0.2) is 6.61 Å². The maximum absolute atomic E-state index is 11.7. The second-order valence-corrected chi connectivity index (χ2v) is 3.44. The Labute approximate surface area is 104 Å². The molecule has 2 aromatic rings. The van der Waals surface area contributed by atoms with Gasteiger partial charge >= 0.3 is 0 Å². The Kier molecular flexibility index (Phi) is 3.62. The maximum atomic E-state index is 11.7. The Morgan fingerprint density at radius 2 is 2.33 bits per heavy atom. The monoisotopic (exact) mass is 242 g/mol. The lowest BCUT2D eigenvalue weighted by Crippen LogP contribution is -2.10. The summed E-state index contributed by atoms with van der Waals surface area (Å²) in [4.78, 5) is 11.7. The van der Waals surface area contributed by atoms with Crippen molar-refractivity contribution in [3.8, 4) is 11.8 Å². The van der Waals surface area contributed by atoms with Gasteiger partial charge in [-0.05, 0) is 18.2 Å². The number of ether oxygens (including phenoxy) is 1. The first kappa shape index (κ1) is 11.7. The molecule has 0 unspecified atom stereocenters. The molecule has 0 aliphatic heterocycles. The Hall–Kier alpha value is -2.74. The third-order valence-corrected chi connectivity index (χ3v) is 2.18. The first-order chi connectivity index (χ1) is 8.79. The summed E-state index contributed by atoms with van der Waals surface area (Å²) < 4.78 is 9.97. The number of furan rings is 1. The summed E-state index contributed by atoms with van der Waals surface area (Å²) in [5.41, 5.74) is 1.04. The summed E-state index contributed by atoms with van der Waals surface area (Å²) >= 11 is 0. The highest BCUT2D eigenvalue weighted by Crippen LogP contribution is 2.18. The number of nitriles is 1. The van der Waals surface area contributed by atoms with Crippen LogP contribution in [0.2, 0.25) is 0 Å². The van der Waals surface area contributed by atoms with Crippen LogP contribution in [0.1, 0.15) is 10.4 Å². The fourth-order valence-corrected chi connectivity index (χ4v) is 1.38. The van der Waals surface area contributed by atoms with Crippen LogP contribution in [-0.4, -0.2) is 12.5 Å². The fourth-order valence-electron chi connectivity index (χ4n) is 1.38. The highest BCUT2D eigenvalue weighted by molar-refractivity contribution is 6.04. The standard InChI is InChI=1S/C13H10N2O3/c14-5-7-18-12-3-1-2-11(8-12)15-13(16)10-4-6-17-9-10/h1-4,6,8-9H,7H2,(H,15,16). The molecule has 0 aliphatic carbocycles. The van der Waals surface area contributed by atoms with Gasteiger partial charge in [-0.1, -0.05) is 6.07 Å². The van der Waals surface area contributed by atoms with Crippen LogP contribution in [0, 0.1) is 11.3 Å². The number of hydrogen-bond donors (Lipinski definition) is 1. The lowest BCUT2D eigenvalue weighted by atomic mass is 10.2. The van der Waals surface area contributed by atoms with Gasteiger partial charge in [0, 0.05) is 11.8 Å². The fraction of sp³-hybridized carbons (Fsp3) is 0.0769. The van der Waals surface area contributed by atoms with E-state index in [0.29, 0.717) is 17.0 Å². The molecule has 0 spiro atoms. The van der Waals surface area contributed by atoms with Crippen molar-refractivity contribution in [1.82, 2.24) is 0 Å². The predicted molar refractivity (Wildman–Crippen MR) is 64.2 cm³/mol. The normalized spacial score (nSPS) is 9.50. The molecule has 2 rings (SSSR count). The van der Waals surface area contributed by atoms with E-state index in [2.05, 4.69) is 5.32 Å². The molecule has 1 N–H and O–H groups in total. The van der Waals surface area contributed by atoms with Crippen LogP contribution in [0.5, 0.6) is 5.75 Å². The minimum Gasteiger partial charge on any atom is -0.479 e. The molecule has 0 atom stereocenters. The van der Waals surface area contributed by atoms with Crippen molar-refractivity contribution in [2.24, 2.45) is 0 Å². The van der Waals surface area contributed by atoms with Gasteiger partial charge in [-0.15, -0.1) is 0 Å². The average Bonchev–Trinajstić information content (AvgIpc) is 2.91. The number of benzene rings is 1. The van der Waals surface area contributed by atoms with Crippen molar-refractivity contribution >= 4 is 11.6 Å². The highest BCUT2D eigenvalue weighted by Gasteiger charge is 2.07. The molecule has 1 heterocycles. The van der Waals surface area contributed by atoms with Gasteiger partial charge < -0.3 is 14.5 Å². The molecule has 1 aromatic heterocycles. The summed E-state index contributed by atoms with van der Waals surface area (Å²) in [5, 5.41) is 11.1. The highest BCUT2D eigenvalue weighted by atomic mass is 16.5. The van der Waals surface area contributed by atoms with Crippen LogP contribution in [-0.2, 0) is 0 Å². The van der Waals surface area contributed by atoms with Gasteiger partial charge in [0.05, 0.1) is 11.8 Å². The van der Waals surface area contributed by atoms with Crippen molar-refractivity contribution in [1.29, 1.82) is 5.26 Å². The third kappa shape index (κ3) is 2.89. The zero-order valence-corrected chi connectivity index (χ0v) is 9.42. The average molecular weight is 242 g/mol. The van der Waals surface area contributed by atoms with Crippen molar-refractivity contribution < 1.29 is 13.9 Å². The van der Waals surface area contributed by atoms with E-state index in [9.17, 15) is 4.79 Å². The molecular weight excluding hydrogens is 232 g/mol. The van der Waals surface area contributed by atoms with Gasteiger partial charge in [-0.25, -0.2) is 0 Å². The first-order valence-electron chi connectivity index (χ1n) is 5.23. The molecule has 0 saturated carbocycles. The van der Waals surface area contributed by atoms with E-state index in [-0.39, 0.29) is 12.5 Å². The Balaban J connectivity index is 2.05. The summed E-state index contributed by atoms with van der Waals surface area (Å²) in [7, 11) is 0. The molecule has 0 aliphatic rings. The summed E-state index contributed by atoms with van der Waals surface area (Å²) in [6, 6.07) is 10.3. The molecule has 1 aromatic carbocycles. The smallest absolute Gasteiger partial charge is 0.258 e. The number of amides is 1. The summed E-state index contributed by atoms with van der Waals surface area (Å²) in [6.45, 7) is -0.0286. The molecule has 18 heavy (non-hydrogen) atoms. The molecule has 0 fully saturated rings. The van der Waals surface area contributed by atoms with E-state index >= 15 is 0 Å². The second kappa shape index (κ2) is 5.55. The number of nitrogens with zero attached hydrogens (tertiary/aromatic N) is 1. The quantitative estimate of drug-likeness (QED) is 0.893. The number of anilines is 1.